The zero-order valence-electron chi connectivity index (χ0n) is 15.8. The Balaban J connectivity index is 1.45. The summed E-state index contributed by atoms with van der Waals surface area (Å²) >= 11 is 1.66. The van der Waals surface area contributed by atoms with Crippen molar-refractivity contribution in [2.24, 2.45) is 7.05 Å². The lowest BCUT2D eigenvalue weighted by atomic mass is 10.00. The van der Waals surface area contributed by atoms with Crippen molar-refractivity contribution in [3.8, 4) is 11.1 Å². The fraction of sp³-hybridized carbons (Fsp3) is 0.182. The first-order valence-electron chi connectivity index (χ1n) is 9.38. The Labute approximate surface area is 171 Å². The topological polar surface area (TPSA) is 68.1 Å². The number of thiazole rings is 1. The van der Waals surface area contributed by atoms with E-state index >= 15 is 0 Å². The van der Waals surface area contributed by atoms with Gasteiger partial charge in [-0.1, -0.05) is 12.1 Å². The van der Waals surface area contributed by atoms with E-state index in [2.05, 4.69) is 16.0 Å². The third kappa shape index (κ3) is 3.03. The van der Waals surface area contributed by atoms with Crippen LogP contribution in [0.2, 0.25) is 0 Å². The highest BCUT2D eigenvalue weighted by Crippen LogP contribution is 2.30. The molecule has 144 valence electrons. The monoisotopic (exact) mass is 402 g/mol. The maximum atomic E-state index is 13.2. The minimum absolute atomic E-state index is 0.0920. The van der Waals surface area contributed by atoms with E-state index in [9.17, 15) is 9.59 Å². The number of carbonyl (C=O) groups is 1. The van der Waals surface area contributed by atoms with Crippen molar-refractivity contribution in [1.82, 2.24) is 19.4 Å². The Bertz CT molecular complexity index is 1260. The van der Waals surface area contributed by atoms with E-state index in [-0.39, 0.29) is 11.5 Å². The van der Waals surface area contributed by atoms with Crippen LogP contribution in [0, 0.1) is 0 Å². The first-order chi connectivity index (χ1) is 14.1. The number of benzene rings is 1. The number of aromatic nitrogens is 3. The van der Waals surface area contributed by atoms with Crippen molar-refractivity contribution in [3.63, 3.8) is 0 Å². The standard InChI is InChI=1S/C22H18N4O2S/c1-25-12-15-13-26(11-8-18-24-16-4-2-3-5-17(16)29-18)22(28)20(15)19(21(25)27)14-6-9-23-10-7-14/h2-7,9-10,12H,8,11,13H2,1H3. The van der Waals surface area contributed by atoms with Crippen LogP contribution < -0.4 is 5.56 Å². The number of aryl methyl sites for hydroxylation is 1. The van der Waals surface area contributed by atoms with Gasteiger partial charge in [0.05, 0.1) is 26.4 Å². The highest BCUT2D eigenvalue weighted by atomic mass is 32.1. The van der Waals surface area contributed by atoms with Crippen molar-refractivity contribution in [3.05, 3.63) is 81.5 Å². The van der Waals surface area contributed by atoms with E-state index in [0.717, 1.165) is 26.4 Å². The van der Waals surface area contributed by atoms with Crippen LogP contribution in [0.15, 0.2) is 59.8 Å². The Morgan fingerprint density at radius 2 is 1.86 bits per heavy atom. The normalized spacial score (nSPS) is 13.3. The molecule has 0 spiro atoms. The van der Waals surface area contributed by atoms with Gasteiger partial charge >= 0.3 is 0 Å². The van der Waals surface area contributed by atoms with Crippen LogP contribution in [0.4, 0.5) is 0 Å². The first kappa shape index (κ1) is 17.8. The molecule has 5 rings (SSSR count). The molecule has 0 unspecified atom stereocenters. The maximum absolute atomic E-state index is 13.2. The molecule has 0 saturated carbocycles. The second kappa shape index (κ2) is 6.93. The summed E-state index contributed by atoms with van der Waals surface area (Å²) in [5, 5.41) is 1.01. The van der Waals surface area contributed by atoms with Gasteiger partial charge in [-0.25, -0.2) is 4.98 Å². The van der Waals surface area contributed by atoms with Crippen molar-refractivity contribution >= 4 is 27.5 Å². The molecular weight excluding hydrogens is 384 g/mol. The van der Waals surface area contributed by atoms with Crippen molar-refractivity contribution in [1.29, 1.82) is 0 Å². The zero-order chi connectivity index (χ0) is 20.0. The fourth-order valence-corrected chi connectivity index (χ4v) is 4.78. The highest BCUT2D eigenvalue weighted by Gasteiger charge is 2.32. The molecule has 29 heavy (non-hydrogen) atoms. The molecule has 1 aliphatic heterocycles. The number of nitrogens with zero attached hydrogens (tertiary/aromatic N) is 4. The second-order valence-corrected chi connectivity index (χ2v) is 8.22. The number of rotatable bonds is 4. The lowest BCUT2D eigenvalue weighted by Gasteiger charge is -2.14. The molecule has 0 bridgehead atoms. The van der Waals surface area contributed by atoms with Crippen LogP contribution in [0.25, 0.3) is 21.3 Å². The van der Waals surface area contributed by atoms with Gasteiger partial charge < -0.3 is 9.47 Å². The quantitative estimate of drug-likeness (QED) is 0.525. The van der Waals surface area contributed by atoms with E-state index < -0.39 is 0 Å². The molecule has 0 atom stereocenters. The van der Waals surface area contributed by atoms with Crippen LogP contribution in [0.3, 0.4) is 0 Å². The fourth-order valence-electron chi connectivity index (χ4n) is 3.82. The van der Waals surface area contributed by atoms with Gasteiger partial charge in [0.15, 0.2) is 0 Å². The summed E-state index contributed by atoms with van der Waals surface area (Å²) in [5.41, 5.74) is 3.40. The number of amides is 1. The lowest BCUT2D eigenvalue weighted by molar-refractivity contribution is 0.0781. The van der Waals surface area contributed by atoms with Gasteiger partial charge in [-0.3, -0.25) is 14.6 Å². The molecule has 0 saturated heterocycles. The Morgan fingerprint density at radius 3 is 2.66 bits per heavy atom. The SMILES string of the molecule is Cn1cc2c(c(-c3ccncc3)c1=O)C(=O)N(CCc1nc3ccccc3s1)C2. The van der Waals surface area contributed by atoms with Crippen LogP contribution in [-0.2, 0) is 20.0 Å². The summed E-state index contributed by atoms with van der Waals surface area (Å²) in [6.07, 6.45) is 5.74. The molecule has 0 fully saturated rings. The predicted octanol–water partition coefficient (Wildman–Crippen LogP) is 3.26. The third-order valence-electron chi connectivity index (χ3n) is 5.22. The Kier molecular flexibility index (Phi) is 4.24. The Morgan fingerprint density at radius 1 is 1.07 bits per heavy atom. The van der Waals surface area contributed by atoms with E-state index in [1.807, 2.05) is 18.2 Å². The van der Waals surface area contributed by atoms with Gasteiger partial charge in [0.25, 0.3) is 11.5 Å². The number of hydrogen-bond donors (Lipinski definition) is 0. The van der Waals surface area contributed by atoms with Crippen molar-refractivity contribution in [2.45, 2.75) is 13.0 Å². The molecule has 0 aliphatic carbocycles. The summed E-state index contributed by atoms with van der Waals surface area (Å²) < 4.78 is 2.71. The summed E-state index contributed by atoms with van der Waals surface area (Å²) in [6, 6.07) is 11.6. The predicted molar refractivity (Wildman–Crippen MR) is 113 cm³/mol. The molecule has 7 heteroatoms. The van der Waals surface area contributed by atoms with Gasteiger partial charge in [-0.15, -0.1) is 11.3 Å². The summed E-state index contributed by atoms with van der Waals surface area (Å²) in [6.45, 7) is 1.08. The molecule has 0 N–H and O–H groups in total. The Hall–Kier alpha value is -3.32. The van der Waals surface area contributed by atoms with E-state index in [1.165, 1.54) is 0 Å². The molecule has 1 amide bonds. The molecule has 0 radical (unpaired) electrons. The van der Waals surface area contributed by atoms with Gasteiger partial charge in [0.1, 0.15) is 0 Å². The van der Waals surface area contributed by atoms with Crippen LogP contribution in [0.5, 0.6) is 0 Å². The summed E-state index contributed by atoms with van der Waals surface area (Å²) in [7, 11) is 1.72. The van der Waals surface area contributed by atoms with Gasteiger partial charge in [-0.2, -0.15) is 0 Å². The smallest absolute Gasteiger partial charge is 0.258 e. The minimum Gasteiger partial charge on any atom is -0.334 e. The van der Waals surface area contributed by atoms with Crippen LogP contribution in [-0.4, -0.2) is 31.9 Å². The van der Waals surface area contributed by atoms with E-state index in [0.29, 0.717) is 30.6 Å². The molecule has 1 aromatic carbocycles. The number of para-hydroxylation sites is 1. The van der Waals surface area contributed by atoms with E-state index in [1.54, 1.807) is 58.6 Å². The van der Waals surface area contributed by atoms with Crippen molar-refractivity contribution in [2.75, 3.05) is 6.54 Å². The average Bonchev–Trinajstić information content (AvgIpc) is 3.29. The van der Waals surface area contributed by atoms with Gasteiger partial charge in [0.2, 0.25) is 0 Å². The molecular formula is C22H18N4O2S. The molecule has 3 aromatic heterocycles. The first-order valence-corrected chi connectivity index (χ1v) is 10.2. The van der Waals surface area contributed by atoms with Gasteiger partial charge in [-0.05, 0) is 29.8 Å². The second-order valence-electron chi connectivity index (χ2n) is 7.11. The average molecular weight is 402 g/mol. The van der Waals surface area contributed by atoms with Crippen LogP contribution >= 0.6 is 11.3 Å². The number of fused-ring (bicyclic) bond motifs is 2. The molecule has 4 heterocycles. The largest absolute Gasteiger partial charge is 0.334 e. The third-order valence-corrected chi connectivity index (χ3v) is 6.32. The van der Waals surface area contributed by atoms with E-state index in [4.69, 9.17) is 0 Å². The summed E-state index contributed by atoms with van der Waals surface area (Å²) in [5.74, 6) is -0.0920. The maximum Gasteiger partial charge on any atom is 0.258 e. The van der Waals surface area contributed by atoms with Gasteiger partial charge in [0, 0.05) is 50.7 Å². The zero-order valence-corrected chi connectivity index (χ0v) is 16.6. The number of hydrogen-bond acceptors (Lipinski definition) is 5. The molecule has 4 aromatic rings. The van der Waals surface area contributed by atoms with Crippen molar-refractivity contribution < 1.29 is 4.79 Å². The number of pyridine rings is 2. The molecule has 1 aliphatic rings. The number of carbonyl (C=O) groups excluding carboxylic acids is 1. The highest BCUT2D eigenvalue weighted by molar-refractivity contribution is 7.18. The van der Waals surface area contributed by atoms with Crippen LogP contribution in [0.1, 0.15) is 20.9 Å². The lowest BCUT2D eigenvalue weighted by Crippen LogP contribution is -2.27. The summed E-state index contributed by atoms with van der Waals surface area (Å²) in [4.78, 5) is 36.5. The molecule has 6 nitrogen and oxygen atoms in total. The minimum atomic E-state index is -0.170.